The van der Waals surface area contributed by atoms with Crippen LogP contribution < -0.4 is 10.6 Å². The van der Waals surface area contributed by atoms with Gasteiger partial charge in [0.05, 0.1) is 23.8 Å². The maximum absolute atomic E-state index is 12.3. The summed E-state index contributed by atoms with van der Waals surface area (Å²) in [6.07, 6.45) is 0. The van der Waals surface area contributed by atoms with E-state index in [-0.39, 0.29) is 18.4 Å². The summed E-state index contributed by atoms with van der Waals surface area (Å²) in [4.78, 5) is 25.8. The van der Waals surface area contributed by atoms with E-state index >= 15 is 0 Å². The molecular formula is C16H22N4O2. The normalized spacial score (nSPS) is 11.6. The zero-order valence-electron chi connectivity index (χ0n) is 13.2. The molecule has 0 heterocycles. The minimum atomic E-state index is -0.473. The van der Waals surface area contributed by atoms with Crippen molar-refractivity contribution in [1.82, 2.24) is 10.2 Å². The van der Waals surface area contributed by atoms with Gasteiger partial charge in [0.2, 0.25) is 11.8 Å². The second-order valence-corrected chi connectivity index (χ2v) is 4.84. The van der Waals surface area contributed by atoms with Crippen molar-refractivity contribution in [3.05, 3.63) is 29.8 Å². The number of amides is 2. The monoisotopic (exact) mass is 302 g/mol. The molecular weight excluding hydrogens is 280 g/mol. The minimum absolute atomic E-state index is 0.110. The van der Waals surface area contributed by atoms with Crippen LogP contribution >= 0.6 is 0 Å². The number of benzene rings is 1. The SMILES string of the molecule is CCNC(=O)CN(CC)[C@H](C)C(=O)Nc1ccccc1C#N. The molecule has 2 N–H and O–H groups in total. The van der Waals surface area contributed by atoms with Crippen molar-refractivity contribution in [3.63, 3.8) is 0 Å². The van der Waals surface area contributed by atoms with Crippen LogP contribution in [0.5, 0.6) is 0 Å². The lowest BCUT2D eigenvalue weighted by Gasteiger charge is -2.26. The highest BCUT2D eigenvalue weighted by atomic mass is 16.2. The molecule has 6 nitrogen and oxygen atoms in total. The van der Waals surface area contributed by atoms with E-state index in [1.807, 2.05) is 19.9 Å². The topological polar surface area (TPSA) is 85.2 Å². The smallest absolute Gasteiger partial charge is 0.241 e. The van der Waals surface area contributed by atoms with Crippen LogP contribution in [0.2, 0.25) is 0 Å². The summed E-state index contributed by atoms with van der Waals surface area (Å²) in [6.45, 7) is 6.79. The van der Waals surface area contributed by atoms with Gasteiger partial charge in [-0.2, -0.15) is 5.26 Å². The van der Waals surface area contributed by atoms with E-state index in [2.05, 4.69) is 10.6 Å². The fourth-order valence-corrected chi connectivity index (χ4v) is 2.05. The number of hydrogen-bond donors (Lipinski definition) is 2. The van der Waals surface area contributed by atoms with Crippen molar-refractivity contribution in [2.75, 3.05) is 25.0 Å². The van der Waals surface area contributed by atoms with E-state index in [0.29, 0.717) is 24.3 Å². The Bertz CT molecular complexity index is 566. The van der Waals surface area contributed by atoms with Gasteiger partial charge in [-0.15, -0.1) is 0 Å². The first kappa shape index (κ1) is 17.7. The van der Waals surface area contributed by atoms with E-state index in [1.165, 1.54) is 0 Å². The van der Waals surface area contributed by atoms with Crippen LogP contribution in [0, 0.1) is 11.3 Å². The van der Waals surface area contributed by atoms with Crippen molar-refractivity contribution in [1.29, 1.82) is 5.26 Å². The van der Waals surface area contributed by atoms with Crippen LogP contribution in [0.25, 0.3) is 0 Å². The van der Waals surface area contributed by atoms with E-state index in [9.17, 15) is 9.59 Å². The summed E-state index contributed by atoms with van der Waals surface area (Å²) >= 11 is 0. The predicted octanol–water partition coefficient (Wildman–Crippen LogP) is 1.34. The fourth-order valence-electron chi connectivity index (χ4n) is 2.05. The first-order valence-electron chi connectivity index (χ1n) is 7.34. The number of para-hydroxylation sites is 1. The molecule has 0 aliphatic carbocycles. The highest BCUT2D eigenvalue weighted by Gasteiger charge is 2.22. The van der Waals surface area contributed by atoms with Gasteiger partial charge < -0.3 is 10.6 Å². The van der Waals surface area contributed by atoms with Crippen LogP contribution in [0.3, 0.4) is 0 Å². The first-order valence-corrected chi connectivity index (χ1v) is 7.34. The molecule has 0 aliphatic rings. The molecule has 0 saturated carbocycles. The summed E-state index contributed by atoms with van der Waals surface area (Å²) in [5, 5.41) is 14.5. The number of nitrogens with one attached hydrogen (secondary N) is 2. The summed E-state index contributed by atoms with van der Waals surface area (Å²) in [7, 11) is 0. The van der Waals surface area contributed by atoms with Gasteiger partial charge in [0, 0.05) is 6.54 Å². The molecule has 22 heavy (non-hydrogen) atoms. The van der Waals surface area contributed by atoms with Crippen LogP contribution in [0.1, 0.15) is 26.3 Å². The van der Waals surface area contributed by atoms with E-state index < -0.39 is 6.04 Å². The second-order valence-electron chi connectivity index (χ2n) is 4.84. The molecule has 1 rings (SSSR count). The maximum atomic E-state index is 12.3. The average Bonchev–Trinajstić information content (AvgIpc) is 2.52. The van der Waals surface area contributed by atoms with Crippen LogP contribution in [-0.2, 0) is 9.59 Å². The Hall–Kier alpha value is -2.39. The summed E-state index contributed by atoms with van der Waals surface area (Å²) in [5.74, 6) is -0.352. The Morgan fingerprint density at radius 3 is 2.59 bits per heavy atom. The van der Waals surface area contributed by atoms with Gasteiger partial charge in [0.25, 0.3) is 0 Å². The molecule has 6 heteroatoms. The number of anilines is 1. The van der Waals surface area contributed by atoms with Gasteiger partial charge in [-0.3, -0.25) is 14.5 Å². The number of nitriles is 1. The first-order chi connectivity index (χ1) is 10.5. The van der Waals surface area contributed by atoms with Gasteiger partial charge in [-0.05, 0) is 32.5 Å². The van der Waals surface area contributed by atoms with Crippen molar-refractivity contribution in [2.24, 2.45) is 0 Å². The van der Waals surface area contributed by atoms with Gasteiger partial charge in [-0.1, -0.05) is 19.1 Å². The van der Waals surface area contributed by atoms with Gasteiger partial charge >= 0.3 is 0 Å². The average molecular weight is 302 g/mol. The molecule has 2 amide bonds. The van der Waals surface area contributed by atoms with Crippen LogP contribution in [0.15, 0.2) is 24.3 Å². The lowest BCUT2D eigenvalue weighted by Crippen LogP contribution is -2.46. The molecule has 0 saturated heterocycles. The summed E-state index contributed by atoms with van der Waals surface area (Å²) in [6, 6.07) is 8.39. The molecule has 0 spiro atoms. The fraction of sp³-hybridized carbons (Fsp3) is 0.438. The van der Waals surface area contributed by atoms with E-state index in [1.54, 1.807) is 36.1 Å². The highest BCUT2D eigenvalue weighted by Crippen LogP contribution is 2.14. The molecule has 118 valence electrons. The lowest BCUT2D eigenvalue weighted by molar-refractivity contribution is -0.125. The number of hydrogen-bond acceptors (Lipinski definition) is 4. The molecule has 1 atom stereocenters. The van der Waals surface area contributed by atoms with Gasteiger partial charge in [-0.25, -0.2) is 0 Å². The Morgan fingerprint density at radius 2 is 2.00 bits per heavy atom. The molecule has 1 aromatic rings. The molecule has 0 unspecified atom stereocenters. The highest BCUT2D eigenvalue weighted by molar-refractivity contribution is 5.96. The van der Waals surface area contributed by atoms with Crippen LogP contribution in [0.4, 0.5) is 5.69 Å². The Balaban J connectivity index is 2.74. The lowest BCUT2D eigenvalue weighted by atomic mass is 10.2. The van der Waals surface area contributed by atoms with Gasteiger partial charge in [0.1, 0.15) is 6.07 Å². The Morgan fingerprint density at radius 1 is 1.32 bits per heavy atom. The zero-order chi connectivity index (χ0) is 16.5. The van der Waals surface area contributed by atoms with E-state index in [4.69, 9.17) is 5.26 Å². The molecule has 0 aliphatic heterocycles. The third-order valence-corrected chi connectivity index (χ3v) is 3.36. The minimum Gasteiger partial charge on any atom is -0.355 e. The third-order valence-electron chi connectivity index (χ3n) is 3.36. The number of nitrogens with zero attached hydrogens (tertiary/aromatic N) is 2. The third kappa shape index (κ3) is 4.86. The molecule has 0 aromatic heterocycles. The molecule has 1 aromatic carbocycles. The van der Waals surface area contributed by atoms with Crippen LogP contribution in [-0.4, -0.2) is 42.4 Å². The quantitative estimate of drug-likeness (QED) is 0.796. The van der Waals surface area contributed by atoms with Crippen molar-refractivity contribution >= 4 is 17.5 Å². The number of likely N-dealkylation sites (N-methyl/N-ethyl adjacent to an activating group) is 2. The predicted molar refractivity (Wildman–Crippen MR) is 85.2 cm³/mol. The summed E-state index contributed by atoms with van der Waals surface area (Å²) in [5.41, 5.74) is 0.894. The number of carbonyl (C=O) groups is 2. The van der Waals surface area contributed by atoms with Crippen molar-refractivity contribution < 1.29 is 9.59 Å². The molecule has 0 fully saturated rings. The number of rotatable bonds is 7. The Labute approximate surface area is 131 Å². The van der Waals surface area contributed by atoms with Crippen molar-refractivity contribution in [2.45, 2.75) is 26.8 Å². The van der Waals surface area contributed by atoms with E-state index in [0.717, 1.165) is 0 Å². The standard InChI is InChI=1S/C16H22N4O2/c1-4-18-15(21)11-20(5-2)12(3)16(22)19-14-9-7-6-8-13(14)10-17/h6-9,12H,4-5,11H2,1-3H3,(H,18,21)(H,19,22)/t12-/m1/s1. The molecule has 0 radical (unpaired) electrons. The Kier molecular flexibility index (Phi) is 7.06. The maximum Gasteiger partial charge on any atom is 0.241 e. The largest absolute Gasteiger partial charge is 0.355 e. The zero-order valence-corrected chi connectivity index (χ0v) is 13.2. The molecule has 0 bridgehead atoms. The van der Waals surface area contributed by atoms with Gasteiger partial charge in [0.15, 0.2) is 0 Å². The summed E-state index contributed by atoms with van der Waals surface area (Å²) < 4.78 is 0. The second kappa shape index (κ2) is 8.80. The van der Waals surface area contributed by atoms with Crippen molar-refractivity contribution in [3.8, 4) is 6.07 Å². The number of carbonyl (C=O) groups excluding carboxylic acids is 2.